The molecule has 0 unspecified atom stereocenters. The monoisotopic (exact) mass is 227 g/mol. The first-order valence-corrected chi connectivity index (χ1v) is 5.32. The molecule has 0 aliphatic carbocycles. The van der Waals surface area contributed by atoms with Crippen molar-refractivity contribution in [3.05, 3.63) is 45.8 Å². The lowest BCUT2D eigenvalue weighted by atomic mass is 10.2. The Labute approximate surface area is 90.7 Å². The molecule has 1 radical (unpaired) electrons. The van der Waals surface area contributed by atoms with Gasteiger partial charge in [0, 0.05) is 16.5 Å². The van der Waals surface area contributed by atoms with Crippen LogP contribution in [-0.4, -0.2) is 0 Å². The highest BCUT2D eigenvalue weighted by Gasteiger charge is 2.06. The van der Waals surface area contributed by atoms with Gasteiger partial charge in [0.25, 0.3) is 0 Å². The molecule has 2 aromatic rings. The summed E-state index contributed by atoms with van der Waals surface area (Å²) in [6.07, 6.45) is 0. The van der Waals surface area contributed by atoms with E-state index in [0.29, 0.717) is 10.0 Å². The van der Waals surface area contributed by atoms with Crippen molar-refractivity contribution in [3.8, 4) is 10.4 Å². The zero-order valence-corrected chi connectivity index (χ0v) is 8.88. The van der Waals surface area contributed by atoms with E-state index >= 15 is 0 Å². The van der Waals surface area contributed by atoms with Crippen molar-refractivity contribution in [3.63, 3.8) is 0 Å². The smallest absolute Gasteiger partial charge is 0.0685 e. The van der Waals surface area contributed by atoms with Gasteiger partial charge in [-0.2, -0.15) is 0 Å². The van der Waals surface area contributed by atoms with Crippen molar-refractivity contribution >= 4 is 34.5 Å². The third kappa shape index (κ3) is 1.73. The normalized spacial score (nSPS) is 10.3. The van der Waals surface area contributed by atoms with Gasteiger partial charge in [0.15, 0.2) is 0 Å². The van der Waals surface area contributed by atoms with Gasteiger partial charge in [-0.3, -0.25) is 0 Å². The van der Waals surface area contributed by atoms with Gasteiger partial charge < -0.3 is 0 Å². The molecular formula is C10H5Cl2S. The lowest BCUT2D eigenvalue weighted by molar-refractivity contribution is 1.68. The molecule has 1 aromatic heterocycles. The van der Waals surface area contributed by atoms with Gasteiger partial charge in [-0.25, -0.2) is 0 Å². The fraction of sp³-hybridized carbons (Fsp3) is 0. The van der Waals surface area contributed by atoms with E-state index in [1.54, 1.807) is 17.4 Å². The van der Waals surface area contributed by atoms with Gasteiger partial charge >= 0.3 is 0 Å². The van der Waals surface area contributed by atoms with Crippen LogP contribution in [0, 0.1) is 6.07 Å². The molecule has 0 aliphatic rings. The molecule has 0 saturated heterocycles. The number of rotatable bonds is 1. The van der Waals surface area contributed by atoms with Crippen LogP contribution in [0.3, 0.4) is 0 Å². The zero-order chi connectivity index (χ0) is 9.26. The first-order chi connectivity index (χ1) is 6.29. The van der Waals surface area contributed by atoms with Crippen molar-refractivity contribution in [1.29, 1.82) is 0 Å². The minimum atomic E-state index is 0.479. The lowest BCUT2D eigenvalue weighted by Crippen LogP contribution is -1.75. The molecule has 0 fully saturated rings. The maximum Gasteiger partial charge on any atom is 0.0685 e. The predicted molar refractivity (Wildman–Crippen MR) is 58.6 cm³/mol. The molecule has 0 spiro atoms. The average Bonchev–Trinajstić information content (AvgIpc) is 2.62. The Morgan fingerprint density at radius 1 is 1.23 bits per heavy atom. The molecule has 0 N–H and O–H groups in total. The van der Waals surface area contributed by atoms with Crippen LogP contribution in [0.4, 0.5) is 0 Å². The van der Waals surface area contributed by atoms with Crippen LogP contribution in [0.5, 0.6) is 0 Å². The standard InChI is InChI=1S/C10H5Cl2S/c11-8-4-1-3-7(10(8)12)9-5-2-6-13-9/h1-3,5-6H. The second-order valence-electron chi connectivity index (χ2n) is 2.50. The first-order valence-electron chi connectivity index (χ1n) is 3.68. The predicted octanol–water partition coefficient (Wildman–Crippen LogP) is 4.52. The summed E-state index contributed by atoms with van der Waals surface area (Å²) in [6, 6.07) is 10.5. The number of thiophene rings is 1. The highest BCUT2D eigenvalue weighted by Crippen LogP contribution is 2.35. The van der Waals surface area contributed by atoms with Crippen molar-refractivity contribution in [1.82, 2.24) is 0 Å². The summed E-state index contributed by atoms with van der Waals surface area (Å²) in [7, 11) is 0. The Morgan fingerprint density at radius 3 is 2.77 bits per heavy atom. The van der Waals surface area contributed by atoms with Crippen LogP contribution >= 0.6 is 34.5 Å². The van der Waals surface area contributed by atoms with Crippen LogP contribution in [-0.2, 0) is 0 Å². The van der Waals surface area contributed by atoms with E-state index in [-0.39, 0.29) is 0 Å². The van der Waals surface area contributed by atoms with Crippen molar-refractivity contribution in [2.45, 2.75) is 0 Å². The Kier molecular flexibility index (Phi) is 2.58. The van der Waals surface area contributed by atoms with Crippen molar-refractivity contribution in [2.75, 3.05) is 0 Å². The van der Waals surface area contributed by atoms with Crippen molar-refractivity contribution < 1.29 is 0 Å². The third-order valence-electron chi connectivity index (χ3n) is 1.68. The number of hydrogen-bond donors (Lipinski definition) is 0. The van der Waals surface area contributed by atoms with Crippen LogP contribution < -0.4 is 0 Å². The highest BCUT2D eigenvalue weighted by atomic mass is 35.5. The fourth-order valence-corrected chi connectivity index (χ4v) is 2.27. The molecule has 0 saturated carbocycles. The minimum absolute atomic E-state index is 0.479. The van der Waals surface area contributed by atoms with Crippen molar-refractivity contribution in [2.24, 2.45) is 0 Å². The zero-order valence-electron chi connectivity index (χ0n) is 6.55. The van der Waals surface area contributed by atoms with Gasteiger partial charge in [0.05, 0.1) is 10.0 Å². The summed E-state index contributed by atoms with van der Waals surface area (Å²) in [4.78, 5) is 1.13. The quantitative estimate of drug-likeness (QED) is 0.673. The van der Waals surface area contributed by atoms with Gasteiger partial charge in [0.1, 0.15) is 0 Å². The number of halogens is 2. The molecule has 2 rings (SSSR count). The van der Waals surface area contributed by atoms with Crippen LogP contribution in [0.25, 0.3) is 10.4 Å². The van der Waals surface area contributed by atoms with Gasteiger partial charge in [-0.05, 0) is 11.4 Å². The van der Waals surface area contributed by atoms with E-state index in [0.717, 1.165) is 10.4 Å². The van der Waals surface area contributed by atoms with Gasteiger partial charge in [0.2, 0.25) is 0 Å². The van der Waals surface area contributed by atoms with E-state index in [1.807, 2.05) is 23.6 Å². The minimum Gasteiger partial charge on any atom is -0.144 e. The van der Waals surface area contributed by atoms with E-state index in [4.69, 9.17) is 23.2 Å². The Hall–Kier alpha value is -0.500. The maximum absolute atomic E-state index is 6.03. The molecule has 1 heterocycles. The molecule has 1 aromatic carbocycles. The van der Waals surface area contributed by atoms with E-state index < -0.39 is 0 Å². The molecule has 0 aliphatic heterocycles. The Morgan fingerprint density at radius 2 is 2.08 bits per heavy atom. The molecule has 13 heavy (non-hydrogen) atoms. The van der Waals surface area contributed by atoms with Gasteiger partial charge in [-0.15, -0.1) is 11.3 Å². The second kappa shape index (κ2) is 3.70. The number of hydrogen-bond acceptors (Lipinski definition) is 1. The Balaban J connectivity index is 2.59. The first kappa shape index (κ1) is 9.07. The fourth-order valence-electron chi connectivity index (χ4n) is 1.08. The molecule has 0 atom stereocenters. The molecule has 3 heteroatoms. The summed E-state index contributed by atoms with van der Waals surface area (Å²) >= 11 is 13.5. The largest absolute Gasteiger partial charge is 0.144 e. The summed E-state index contributed by atoms with van der Waals surface area (Å²) in [5.74, 6) is 0. The van der Waals surface area contributed by atoms with E-state index in [2.05, 4.69) is 6.07 Å². The summed E-state index contributed by atoms with van der Waals surface area (Å²) < 4.78 is 0. The molecule has 65 valence electrons. The van der Waals surface area contributed by atoms with E-state index in [1.165, 1.54) is 0 Å². The third-order valence-corrected chi connectivity index (χ3v) is 3.37. The highest BCUT2D eigenvalue weighted by molar-refractivity contribution is 7.13. The Bertz CT molecular complexity index is 407. The molecule has 0 bridgehead atoms. The average molecular weight is 228 g/mol. The SMILES string of the molecule is Clc1[c]ccc(-c2cccs2)c1Cl. The summed E-state index contributed by atoms with van der Waals surface area (Å²) in [6.45, 7) is 0. The van der Waals surface area contributed by atoms with Gasteiger partial charge in [-0.1, -0.05) is 41.4 Å². The van der Waals surface area contributed by atoms with Crippen LogP contribution in [0.1, 0.15) is 0 Å². The molecule has 0 amide bonds. The summed E-state index contributed by atoms with van der Waals surface area (Å²) in [5, 5.41) is 3.06. The topological polar surface area (TPSA) is 0 Å². The van der Waals surface area contributed by atoms with E-state index in [9.17, 15) is 0 Å². The number of benzene rings is 1. The lowest BCUT2D eigenvalue weighted by Gasteiger charge is -2.01. The molecular weight excluding hydrogens is 223 g/mol. The van der Waals surface area contributed by atoms with Crippen LogP contribution in [0.2, 0.25) is 10.0 Å². The van der Waals surface area contributed by atoms with Crippen LogP contribution in [0.15, 0.2) is 29.6 Å². The maximum atomic E-state index is 6.03. The summed E-state index contributed by atoms with van der Waals surface area (Å²) in [5.41, 5.74) is 0.973. The second-order valence-corrected chi connectivity index (χ2v) is 4.20. The molecule has 0 nitrogen and oxygen atoms in total.